The van der Waals surface area contributed by atoms with Crippen molar-refractivity contribution >= 4 is 11.8 Å². The Morgan fingerprint density at radius 3 is 2.29 bits per heavy atom. The molecule has 1 fully saturated rings. The lowest BCUT2D eigenvalue weighted by atomic mass is 10.0. The summed E-state index contributed by atoms with van der Waals surface area (Å²) in [6, 6.07) is -0.442. The number of amides is 2. The van der Waals surface area contributed by atoms with E-state index in [0.717, 1.165) is 52.2 Å². The van der Waals surface area contributed by atoms with E-state index in [1.807, 2.05) is 32.6 Å². The van der Waals surface area contributed by atoms with Gasteiger partial charge in [0.1, 0.15) is 6.04 Å². The van der Waals surface area contributed by atoms with Crippen molar-refractivity contribution in [3.05, 3.63) is 0 Å². The average Bonchev–Trinajstić information content (AvgIpc) is 2.65. The molecule has 0 aliphatic carbocycles. The Bertz CT molecular complexity index is 448. The normalized spacial score (nSPS) is 16.4. The molecule has 0 aromatic carbocycles. The highest BCUT2D eigenvalue weighted by molar-refractivity contribution is 5.88. The highest BCUT2D eigenvalue weighted by Crippen LogP contribution is 2.11. The lowest BCUT2D eigenvalue weighted by Crippen LogP contribution is -2.53. The van der Waals surface area contributed by atoms with Gasteiger partial charge in [0.05, 0.1) is 13.2 Å². The van der Waals surface area contributed by atoms with Gasteiger partial charge in [-0.05, 0) is 18.3 Å². The zero-order valence-corrected chi connectivity index (χ0v) is 18.8. The first-order chi connectivity index (χ1) is 13.3. The topological polar surface area (TPSA) is 61.9 Å². The third-order valence-electron chi connectivity index (χ3n) is 5.23. The summed E-state index contributed by atoms with van der Waals surface area (Å²) in [5.74, 6) is 0.401. The number of rotatable bonds is 13. The molecule has 1 saturated heterocycles. The fourth-order valence-corrected chi connectivity index (χ4v) is 3.46. The van der Waals surface area contributed by atoms with E-state index in [-0.39, 0.29) is 23.7 Å². The van der Waals surface area contributed by atoms with E-state index in [1.165, 1.54) is 12.8 Å². The molecule has 1 aliphatic rings. The van der Waals surface area contributed by atoms with Crippen LogP contribution in [0.25, 0.3) is 0 Å². The summed E-state index contributed by atoms with van der Waals surface area (Å²) in [4.78, 5) is 29.9. The molecular weight excluding hydrogens is 354 g/mol. The van der Waals surface area contributed by atoms with Gasteiger partial charge in [-0.15, -0.1) is 0 Å². The van der Waals surface area contributed by atoms with Gasteiger partial charge < -0.3 is 15.0 Å². The van der Waals surface area contributed by atoms with Gasteiger partial charge in [-0.2, -0.15) is 0 Å². The lowest BCUT2D eigenvalue weighted by molar-refractivity contribution is -0.138. The Morgan fingerprint density at radius 1 is 1.04 bits per heavy atom. The molecule has 0 radical (unpaired) electrons. The SMILES string of the molecule is CCCCCCN(CCN1CCOCC1)C(=O)C(NC(=O)CC(C)C)C(C)C. The fourth-order valence-electron chi connectivity index (χ4n) is 3.46. The Kier molecular flexibility index (Phi) is 12.4. The van der Waals surface area contributed by atoms with Crippen LogP contribution in [0.5, 0.6) is 0 Å². The van der Waals surface area contributed by atoms with Gasteiger partial charge in [0, 0.05) is 39.1 Å². The van der Waals surface area contributed by atoms with Crippen molar-refractivity contribution in [1.82, 2.24) is 15.1 Å². The van der Waals surface area contributed by atoms with Gasteiger partial charge in [0.2, 0.25) is 11.8 Å². The van der Waals surface area contributed by atoms with E-state index in [9.17, 15) is 9.59 Å². The number of morpholine rings is 1. The van der Waals surface area contributed by atoms with Crippen molar-refractivity contribution in [1.29, 1.82) is 0 Å². The minimum atomic E-state index is -0.442. The molecule has 0 aromatic heterocycles. The molecule has 6 nitrogen and oxygen atoms in total. The van der Waals surface area contributed by atoms with Crippen molar-refractivity contribution < 1.29 is 14.3 Å². The Labute approximate surface area is 172 Å². The first-order valence-corrected chi connectivity index (χ1v) is 11.2. The summed E-state index contributed by atoms with van der Waals surface area (Å²) in [6.07, 6.45) is 5.00. The second-order valence-electron chi connectivity index (χ2n) is 8.73. The summed E-state index contributed by atoms with van der Waals surface area (Å²) >= 11 is 0. The third-order valence-corrected chi connectivity index (χ3v) is 5.23. The van der Waals surface area contributed by atoms with Crippen LogP contribution in [0.15, 0.2) is 0 Å². The van der Waals surface area contributed by atoms with Gasteiger partial charge in [-0.1, -0.05) is 53.9 Å². The first kappa shape index (κ1) is 24.9. The quantitative estimate of drug-likeness (QED) is 0.486. The zero-order valence-electron chi connectivity index (χ0n) is 18.8. The van der Waals surface area contributed by atoms with Gasteiger partial charge in [-0.25, -0.2) is 0 Å². The Morgan fingerprint density at radius 2 is 1.71 bits per heavy atom. The van der Waals surface area contributed by atoms with Crippen LogP contribution in [0.3, 0.4) is 0 Å². The minimum Gasteiger partial charge on any atom is -0.379 e. The molecule has 0 aromatic rings. The van der Waals surface area contributed by atoms with Crippen LogP contribution in [0.1, 0.15) is 66.7 Å². The van der Waals surface area contributed by atoms with E-state index < -0.39 is 6.04 Å². The van der Waals surface area contributed by atoms with Gasteiger partial charge >= 0.3 is 0 Å². The largest absolute Gasteiger partial charge is 0.379 e. The number of ether oxygens (including phenoxy) is 1. The molecule has 0 bridgehead atoms. The highest BCUT2D eigenvalue weighted by Gasteiger charge is 2.29. The molecule has 0 spiro atoms. The number of hydrogen-bond donors (Lipinski definition) is 1. The van der Waals surface area contributed by atoms with Crippen LogP contribution in [-0.4, -0.2) is 73.6 Å². The standard InChI is InChI=1S/C22H43N3O3/c1-6-7-8-9-10-25(12-11-24-13-15-28-16-14-24)22(27)21(19(4)5)23-20(26)17-18(2)3/h18-19,21H,6-17H2,1-5H3,(H,23,26). The maximum absolute atomic E-state index is 13.3. The average molecular weight is 398 g/mol. The van der Waals surface area contributed by atoms with Crippen molar-refractivity contribution in [2.24, 2.45) is 11.8 Å². The number of nitrogens with zero attached hydrogens (tertiary/aromatic N) is 2. The van der Waals surface area contributed by atoms with E-state index in [2.05, 4.69) is 17.1 Å². The molecule has 1 unspecified atom stereocenters. The molecule has 1 aliphatic heterocycles. The van der Waals surface area contributed by atoms with E-state index in [0.29, 0.717) is 13.0 Å². The molecule has 6 heteroatoms. The molecule has 2 amide bonds. The molecule has 1 N–H and O–H groups in total. The molecule has 1 heterocycles. The van der Waals surface area contributed by atoms with Crippen LogP contribution >= 0.6 is 0 Å². The lowest BCUT2D eigenvalue weighted by Gasteiger charge is -2.33. The van der Waals surface area contributed by atoms with E-state index in [1.54, 1.807) is 0 Å². The smallest absolute Gasteiger partial charge is 0.245 e. The van der Waals surface area contributed by atoms with Crippen LogP contribution < -0.4 is 5.32 Å². The zero-order chi connectivity index (χ0) is 20.9. The number of nitrogens with one attached hydrogen (secondary N) is 1. The second-order valence-corrected chi connectivity index (χ2v) is 8.73. The van der Waals surface area contributed by atoms with Crippen molar-refractivity contribution in [3.63, 3.8) is 0 Å². The number of carbonyl (C=O) groups excluding carboxylic acids is 2. The first-order valence-electron chi connectivity index (χ1n) is 11.2. The summed E-state index contributed by atoms with van der Waals surface area (Å²) in [5.41, 5.74) is 0. The summed E-state index contributed by atoms with van der Waals surface area (Å²) < 4.78 is 5.42. The van der Waals surface area contributed by atoms with Gasteiger partial charge in [0.15, 0.2) is 0 Å². The van der Waals surface area contributed by atoms with Gasteiger partial charge in [0.25, 0.3) is 0 Å². The minimum absolute atomic E-state index is 0.0267. The highest BCUT2D eigenvalue weighted by atomic mass is 16.5. The number of hydrogen-bond acceptors (Lipinski definition) is 4. The predicted octanol–water partition coefficient (Wildman–Crippen LogP) is 2.91. The van der Waals surface area contributed by atoms with Gasteiger partial charge in [-0.3, -0.25) is 14.5 Å². The van der Waals surface area contributed by atoms with Crippen LogP contribution in [-0.2, 0) is 14.3 Å². The number of unbranched alkanes of at least 4 members (excludes halogenated alkanes) is 3. The molecule has 1 atom stereocenters. The Balaban J connectivity index is 2.71. The second kappa shape index (κ2) is 13.9. The molecule has 164 valence electrons. The summed E-state index contributed by atoms with van der Waals surface area (Å²) in [7, 11) is 0. The van der Waals surface area contributed by atoms with Crippen LogP contribution in [0, 0.1) is 11.8 Å². The summed E-state index contributed by atoms with van der Waals surface area (Å²) in [6.45, 7) is 16.0. The summed E-state index contributed by atoms with van der Waals surface area (Å²) in [5, 5.41) is 3.00. The maximum atomic E-state index is 13.3. The van der Waals surface area contributed by atoms with Crippen molar-refractivity contribution in [3.8, 4) is 0 Å². The Hall–Kier alpha value is -1.14. The number of carbonyl (C=O) groups is 2. The monoisotopic (exact) mass is 397 g/mol. The molecule has 0 saturated carbocycles. The molecule has 28 heavy (non-hydrogen) atoms. The van der Waals surface area contributed by atoms with Crippen LogP contribution in [0.2, 0.25) is 0 Å². The molecular formula is C22H43N3O3. The predicted molar refractivity (Wildman–Crippen MR) is 114 cm³/mol. The van der Waals surface area contributed by atoms with Crippen molar-refractivity contribution in [2.75, 3.05) is 45.9 Å². The maximum Gasteiger partial charge on any atom is 0.245 e. The van der Waals surface area contributed by atoms with Crippen LogP contribution in [0.4, 0.5) is 0 Å². The fraction of sp³-hybridized carbons (Fsp3) is 0.909. The molecule has 1 rings (SSSR count). The van der Waals surface area contributed by atoms with E-state index >= 15 is 0 Å². The van der Waals surface area contributed by atoms with E-state index in [4.69, 9.17) is 4.74 Å². The van der Waals surface area contributed by atoms with Crippen molar-refractivity contribution in [2.45, 2.75) is 72.8 Å². The third kappa shape index (κ3) is 9.87.